The third-order valence-corrected chi connectivity index (χ3v) is 6.05. The minimum absolute atomic E-state index is 0.0439. The fourth-order valence-corrected chi connectivity index (χ4v) is 3.66. The lowest BCUT2D eigenvalue weighted by molar-refractivity contribution is 0.0699. The maximum atomic E-state index is 14.0. The number of benzene rings is 2. The van der Waals surface area contributed by atoms with Crippen LogP contribution in [0.2, 0.25) is 0 Å². The Morgan fingerprint density at radius 3 is 2.43 bits per heavy atom. The van der Waals surface area contributed by atoms with Crippen molar-refractivity contribution in [3.8, 4) is 17.0 Å². The fourth-order valence-electron chi connectivity index (χ4n) is 2.73. The molecule has 1 N–H and O–H groups in total. The number of sulfonamides is 1. The molecule has 2 aromatic carbocycles. The van der Waals surface area contributed by atoms with Crippen LogP contribution in [0.5, 0.6) is 5.75 Å². The number of pyridine rings is 1. The molecule has 0 bridgehead atoms. The molecule has 28 heavy (non-hydrogen) atoms. The van der Waals surface area contributed by atoms with Gasteiger partial charge in [0.25, 0.3) is 0 Å². The topological polar surface area (TPSA) is 96.8 Å². The highest BCUT2D eigenvalue weighted by atomic mass is 32.2. The van der Waals surface area contributed by atoms with E-state index in [0.29, 0.717) is 5.56 Å². The van der Waals surface area contributed by atoms with Crippen LogP contribution in [0.1, 0.15) is 10.4 Å². The van der Waals surface area contributed by atoms with Crippen molar-refractivity contribution in [3.63, 3.8) is 0 Å². The number of carboxylic acid groups (broad SMARTS) is 1. The zero-order valence-electron chi connectivity index (χ0n) is 15.3. The second-order valence-corrected chi connectivity index (χ2v) is 8.33. The molecule has 3 rings (SSSR count). The quantitative estimate of drug-likeness (QED) is 0.702. The Morgan fingerprint density at radius 1 is 1.14 bits per heavy atom. The van der Waals surface area contributed by atoms with E-state index in [4.69, 9.17) is 4.74 Å². The predicted octanol–water partition coefficient (Wildman–Crippen LogP) is 3.00. The standard InChI is InChI=1S/C19H17FN2O5S/c1-22(2)28(25,26)12-5-6-16-13(9-12)14(19(23)24)10-17(21-16)11-4-7-18(27-3)15(20)8-11/h4-10H,1-3H3,(H,23,24). The number of fused-ring (bicyclic) bond motifs is 1. The first-order chi connectivity index (χ1) is 13.1. The van der Waals surface area contributed by atoms with Gasteiger partial charge in [0.1, 0.15) is 0 Å². The zero-order chi connectivity index (χ0) is 20.6. The summed E-state index contributed by atoms with van der Waals surface area (Å²) in [4.78, 5) is 16.1. The summed E-state index contributed by atoms with van der Waals surface area (Å²) >= 11 is 0. The molecule has 0 aliphatic rings. The molecule has 0 fully saturated rings. The monoisotopic (exact) mass is 404 g/mol. The lowest BCUT2D eigenvalue weighted by atomic mass is 10.0. The van der Waals surface area contributed by atoms with Crippen LogP contribution in [0.4, 0.5) is 4.39 Å². The number of ether oxygens (including phenoxy) is 1. The molecule has 0 aliphatic carbocycles. The van der Waals surface area contributed by atoms with Crippen LogP contribution in [0.25, 0.3) is 22.2 Å². The van der Waals surface area contributed by atoms with Crippen LogP contribution >= 0.6 is 0 Å². The van der Waals surface area contributed by atoms with Crippen molar-refractivity contribution < 1.29 is 27.4 Å². The summed E-state index contributed by atoms with van der Waals surface area (Å²) in [7, 11) is 0.376. The van der Waals surface area contributed by atoms with Crippen LogP contribution < -0.4 is 4.74 Å². The maximum absolute atomic E-state index is 14.0. The number of hydrogen-bond acceptors (Lipinski definition) is 5. The number of aromatic nitrogens is 1. The largest absolute Gasteiger partial charge is 0.494 e. The molecule has 0 unspecified atom stereocenters. The van der Waals surface area contributed by atoms with E-state index < -0.39 is 21.8 Å². The number of hydrogen-bond donors (Lipinski definition) is 1. The molecule has 1 aromatic heterocycles. The van der Waals surface area contributed by atoms with E-state index in [2.05, 4.69) is 4.98 Å². The summed E-state index contributed by atoms with van der Waals surface area (Å²) in [5.41, 5.74) is 0.762. The van der Waals surface area contributed by atoms with Gasteiger partial charge in [-0.3, -0.25) is 0 Å². The molecule has 0 spiro atoms. The zero-order valence-corrected chi connectivity index (χ0v) is 16.1. The third-order valence-electron chi connectivity index (χ3n) is 4.24. The Labute approximate surface area is 161 Å². The Kier molecular flexibility index (Phi) is 5.05. The van der Waals surface area contributed by atoms with Gasteiger partial charge in [0.2, 0.25) is 10.0 Å². The van der Waals surface area contributed by atoms with Crippen molar-refractivity contribution in [2.24, 2.45) is 0 Å². The van der Waals surface area contributed by atoms with Gasteiger partial charge in [-0.15, -0.1) is 0 Å². The Morgan fingerprint density at radius 2 is 1.86 bits per heavy atom. The number of carbonyl (C=O) groups is 1. The molecule has 0 atom stereocenters. The smallest absolute Gasteiger partial charge is 0.336 e. The summed E-state index contributed by atoms with van der Waals surface area (Å²) in [5.74, 6) is -1.80. The van der Waals surface area contributed by atoms with Gasteiger partial charge in [0.15, 0.2) is 11.6 Å². The van der Waals surface area contributed by atoms with Crippen molar-refractivity contribution in [2.45, 2.75) is 4.90 Å². The first-order valence-electron chi connectivity index (χ1n) is 8.09. The fraction of sp³-hybridized carbons (Fsp3) is 0.158. The van der Waals surface area contributed by atoms with E-state index in [-0.39, 0.29) is 32.8 Å². The molecular weight excluding hydrogens is 387 g/mol. The first-order valence-corrected chi connectivity index (χ1v) is 9.53. The molecular formula is C19H17FN2O5S. The number of carboxylic acids is 1. The Balaban J connectivity index is 2.24. The number of rotatable bonds is 5. The highest BCUT2D eigenvalue weighted by Gasteiger charge is 2.20. The minimum atomic E-state index is -3.74. The molecule has 0 amide bonds. The molecule has 0 radical (unpaired) electrons. The number of aromatic carboxylic acids is 1. The van der Waals surface area contributed by atoms with Gasteiger partial charge in [-0.2, -0.15) is 0 Å². The highest BCUT2D eigenvalue weighted by Crippen LogP contribution is 2.29. The van der Waals surface area contributed by atoms with Crippen LogP contribution in [0.15, 0.2) is 47.4 Å². The molecule has 3 aromatic rings. The summed E-state index contributed by atoms with van der Waals surface area (Å²) in [5, 5.41) is 9.79. The van der Waals surface area contributed by atoms with E-state index >= 15 is 0 Å². The van der Waals surface area contributed by atoms with Crippen molar-refractivity contribution in [1.29, 1.82) is 0 Å². The van der Waals surface area contributed by atoms with Crippen LogP contribution in [-0.4, -0.2) is 50.0 Å². The highest BCUT2D eigenvalue weighted by molar-refractivity contribution is 7.89. The van der Waals surface area contributed by atoms with E-state index in [1.54, 1.807) is 6.07 Å². The van der Waals surface area contributed by atoms with E-state index in [9.17, 15) is 22.7 Å². The second kappa shape index (κ2) is 7.17. The van der Waals surface area contributed by atoms with Crippen molar-refractivity contribution in [2.75, 3.05) is 21.2 Å². The SMILES string of the molecule is COc1ccc(-c2cc(C(=O)O)c3cc(S(=O)(=O)N(C)C)ccc3n2)cc1F. The predicted molar refractivity (Wildman–Crippen MR) is 102 cm³/mol. The maximum Gasteiger partial charge on any atom is 0.336 e. The molecule has 0 saturated heterocycles. The number of nitrogens with zero attached hydrogens (tertiary/aromatic N) is 2. The lowest BCUT2D eigenvalue weighted by Gasteiger charge is -2.13. The number of methoxy groups -OCH3 is 1. The molecule has 9 heteroatoms. The van der Waals surface area contributed by atoms with Gasteiger partial charge in [0.05, 0.1) is 28.8 Å². The van der Waals surface area contributed by atoms with E-state index in [0.717, 1.165) is 4.31 Å². The van der Waals surface area contributed by atoms with Gasteiger partial charge in [-0.1, -0.05) is 0 Å². The molecule has 0 saturated carbocycles. The Hall–Kier alpha value is -3.04. The molecule has 0 aliphatic heterocycles. The minimum Gasteiger partial charge on any atom is -0.494 e. The third kappa shape index (κ3) is 3.41. The van der Waals surface area contributed by atoms with E-state index in [1.165, 1.54) is 57.6 Å². The van der Waals surface area contributed by atoms with Crippen molar-refractivity contribution in [1.82, 2.24) is 9.29 Å². The van der Waals surface area contributed by atoms with Crippen LogP contribution in [0, 0.1) is 5.82 Å². The van der Waals surface area contributed by atoms with Gasteiger partial charge in [0, 0.05) is 25.0 Å². The second-order valence-electron chi connectivity index (χ2n) is 6.18. The summed E-state index contributed by atoms with van der Waals surface area (Å²) in [6, 6.07) is 9.54. The first kappa shape index (κ1) is 19.7. The van der Waals surface area contributed by atoms with Gasteiger partial charge >= 0.3 is 5.97 Å². The Bertz CT molecular complexity index is 1190. The summed E-state index contributed by atoms with van der Waals surface area (Å²) < 4.78 is 44.6. The van der Waals surface area contributed by atoms with E-state index in [1.807, 2.05) is 0 Å². The van der Waals surface area contributed by atoms with Gasteiger partial charge in [-0.25, -0.2) is 26.9 Å². The van der Waals surface area contributed by atoms with Crippen LogP contribution in [0.3, 0.4) is 0 Å². The summed E-state index contributed by atoms with van der Waals surface area (Å²) in [6.07, 6.45) is 0. The normalized spacial score (nSPS) is 11.8. The average Bonchev–Trinajstić information content (AvgIpc) is 2.66. The van der Waals surface area contributed by atoms with Gasteiger partial charge in [-0.05, 0) is 42.5 Å². The van der Waals surface area contributed by atoms with Crippen molar-refractivity contribution >= 4 is 26.9 Å². The molecule has 7 nitrogen and oxygen atoms in total. The average molecular weight is 404 g/mol. The number of halogens is 1. The lowest BCUT2D eigenvalue weighted by Crippen LogP contribution is -2.22. The molecule has 1 heterocycles. The van der Waals surface area contributed by atoms with Crippen LogP contribution in [-0.2, 0) is 10.0 Å². The molecule has 146 valence electrons. The van der Waals surface area contributed by atoms with Gasteiger partial charge < -0.3 is 9.84 Å². The van der Waals surface area contributed by atoms with Crippen molar-refractivity contribution in [3.05, 3.63) is 53.8 Å². The summed E-state index contributed by atoms with van der Waals surface area (Å²) in [6.45, 7) is 0.